The number of nitrogens with one attached hydrogen (secondary N) is 1. The lowest BCUT2D eigenvalue weighted by atomic mass is 10.1. The van der Waals surface area contributed by atoms with Gasteiger partial charge in [-0.05, 0) is 35.7 Å². The summed E-state index contributed by atoms with van der Waals surface area (Å²) < 4.78 is 12.8. The Kier molecular flexibility index (Phi) is 3.13. The van der Waals surface area contributed by atoms with Gasteiger partial charge in [-0.3, -0.25) is 9.78 Å². The number of hydrogen-bond donors (Lipinski definition) is 1. The summed E-state index contributed by atoms with van der Waals surface area (Å²) in [6, 6.07) is 15.0. The van der Waals surface area contributed by atoms with E-state index in [2.05, 4.69) is 10.3 Å². The lowest BCUT2D eigenvalue weighted by Gasteiger charge is -2.07. The van der Waals surface area contributed by atoms with Crippen LogP contribution in [0.15, 0.2) is 60.8 Å². The fourth-order valence-corrected chi connectivity index (χ4v) is 2.02. The monoisotopic (exact) mass is 266 g/mol. The molecule has 3 aromatic rings. The SMILES string of the molecule is O=C(Nc1ccc(F)cc1)c1nccc2ccccc12. The fraction of sp³-hybridized carbons (Fsp3) is 0. The van der Waals surface area contributed by atoms with Crippen molar-refractivity contribution in [3.05, 3.63) is 72.3 Å². The van der Waals surface area contributed by atoms with Gasteiger partial charge in [0.25, 0.3) is 5.91 Å². The Labute approximate surface area is 115 Å². The number of carbonyl (C=O) groups excluding carboxylic acids is 1. The molecule has 0 bridgehead atoms. The molecule has 0 radical (unpaired) electrons. The van der Waals surface area contributed by atoms with Crippen molar-refractivity contribution in [2.75, 3.05) is 5.32 Å². The minimum atomic E-state index is -0.341. The zero-order chi connectivity index (χ0) is 13.9. The normalized spacial score (nSPS) is 10.4. The number of hydrogen-bond acceptors (Lipinski definition) is 2. The van der Waals surface area contributed by atoms with Crippen LogP contribution in [0, 0.1) is 5.82 Å². The molecule has 0 saturated carbocycles. The van der Waals surface area contributed by atoms with Crippen LogP contribution in [0.25, 0.3) is 10.8 Å². The maximum Gasteiger partial charge on any atom is 0.274 e. The molecular weight excluding hydrogens is 255 g/mol. The molecule has 3 nitrogen and oxygen atoms in total. The van der Waals surface area contributed by atoms with Crippen LogP contribution >= 0.6 is 0 Å². The van der Waals surface area contributed by atoms with Gasteiger partial charge >= 0.3 is 0 Å². The summed E-state index contributed by atoms with van der Waals surface area (Å²) in [5, 5.41) is 4.45. The van der Waals surface area contributed by atoms with Crippen LogP contribution in [-0.2, 0) is 0 Å². The summed E-state index contributed by atoms with van der Waals surface area (Å²) in [6.07, 6.45) is 1.60. The van der Waals surface area contributed by atoms with E-state index in [4.69, 9.17) is 0 Å². The highest BCUT2D eigenvalue weighted by atomic mass is 19.1. The van der Waals surface area contributed by atoms with Crippen LogP contribution in [0.1, 0.15) is 10.5 Å². The molecule has 1 amide bonds. The number of fused-ring (bicyclic) bond motifs is 1. The maximum atomic E-state index is 12.8. The third-order valence-electron chi connectivity index (χ3n) is 2.99. The van der Waals surface area contributed by atoms with Gasteiger partial charge in [0.2, 0.25) is 0 Å². The molecule has 2 aromatic carbocycles. The van der Waals surface area contributed by atoms with Crippen molar-refractivity contribution in [1.29, 1.82) is 0 Å². The Bertz CT molecular complexity index is 764. The van der Waals surface area contributed by atoms with Crippen LogP contribution in [0.5, 0.6) is 0 Å². The summed E-state index contributed by atoms with van der Waals surface area (Å²) in [4.78, 5) is 16.4. The van der Waals surface area contributed by atoms with E-state index in [0.29, 0.717) is 11.4 Å². The first-order valence-corrected chi connectivity index (χ1v) is 6.15. The predicted molar refractivity (Wildman–Crippen MR) is 76.1 cm³/mol. The summed E-state index contributed by atoms with van der Waals surface area (Å²) in [6.45, 7) is 0. The van der Waals surface area contributed by atoms with Crippen molar-refractivity contribution < 1.29 is 9.18 Å². The van der Waals surface area contributed by atoms with E-state index < -0.39 is 0 Å². The van der Waals surface area contributed by atoms with Gasteiger partial charge in [-0.15, -0.1) is 0 Å². The molecule has 0 aliphatic rings. The average Bonchev–Trinajstić information content (AvgIpc) is 2.49. The van der Waals surface area contributed by atoms with Crippen molar-refractivity contribution in [2.24, 2.45) is 0 Å². The molecule has 3 rings (SSSR count). The van der Waals surface area contributed by atoms with Gasteiger partial charge in [0, 0.05) is 17.3 Å². The van der Waals surface area contributed by atoms with Crippen molar-refractivity contribution in [2.45, 2.75) is 0 Å². The second-order valence-corrected chi connectivity index (χ2v) is 4.34. The van der Waals surface area contributed by atoms with Crippen molar-refractivity contribution >= 4 is 22.4 Å². The van der Waals surface area contributed by atoms with E-state index in [1.165, 1.54) is 24.3 Å². The zero-order valence-electron chi connectivity index (χ0n) is 10.5. The largest absolute Gasteiger partial charge is 0.321 e. The van der Waals surface area contributed by atoms with Crippen LogP contribution < -0.4 is 5.32 Å². The summed E-state index contributed by atoms with van der Waals surface area (Å²) >= 11 is 0. The lowest BCUT2D eigenvalue weighted by Crippen LogP contribution is -2.14. The second kappa shape index (κ2) is 5.09. The third-order valence-corrected chi connectivity index (χ3v) is 2.99. The van der Waals surface area contributed by atoms with E-state index in [0.717, 1.165) is 10.8 Å². The number of rotatable bonds is 2. The molecule has 0 aliphatic carbocycles. The molecule has 0 saturated heterocycles. The van der Waals surface area contributed by atoms with Gasteiger partial charge < -0.3 is 5.32 Å². The highest BCUT2D eigenvalue weighted by molar-refractivity contribution is 6.11. The van der Waals surface area contributed by atoms with E-state index in [-0.39, 0.29) is 11.7 Å². The second-order valence-electron chi connectivity index (χ2n) is 4.34. The number of halogens is 1. The van der Waals surface area contributed by atoms with Crippen LogP contribution in [-0.4, -0.2) is 10.9 Å². The smallest absolute Gasteiger partial charge is 0.274 e. The molecule has 1 N–H and O–H groups in total. The average molecular weight is 266 g/mol. The van der Waals surface area contributed by atoms with E-state index in [1.54, 1.807) is 6.20 Å². The summed E-state index contributed by atoms with van der Waals surface area (Å²) in [5.74, 6) is -0.653. The van der Waals surface area contributed by atoms with Crippen LogP contribution in [0.2, 0.25) is 0 Å². The summed E-state index contributed by atoms with van der Waals surface area (Å²) in [5.41, 5.74) is 0.888. The Morgan fingerprint density at radius 1 is 1.00 bits per heavy atom. The van der Waals surface area contributed by atoms with E-state index in [9.17, 15) is 9.18 Å². The minimum absolute atomic E-state index is 0.312. The number of pyridine rings is 1. The number of anilines is 1. The van der Waals surface area contributed by atoms with Gasteiger partial charge in [-0.25, -0.2) is 4.39 Å². The predicted octanol–water partition coefficient (Wildman–Crippen LogP) is 3.63. The fourth-order valence-electron chi connectivity index (χ4n) is 2.02. The van der Waals surface area contributed by atoms with Crippen LogP contribution in [0.4, 0.5) is 10.1 Å². The molecule has 20 heavy (non-hydrogen) atoms. The molecule has 1 aromatic heterocycles. The molecule has 0 unspecified atom stereocenters. The highest BCUT2D eigenvalue weighted by Gasteiger charge is 2.11. The van der Waals surface area contributed by atoms with Crippen LogP contribution in [0.3, 0.4) is 0 Å². The Balaban J connectivity index is 1.94. The number of amides is 1. The number of aromatic nitrogens is 1. The van der Waals surface area contributed by atoms with Crippen molar-refractivity contribution in [1.82, 2.24) is 4.98 Å². The molecule has 0 fully saturated rings. The number of benzene rings is 2. The number of carbonyl (C=O) groups is 1. The Morgan fingerprint density at radius 3 is 2.55 bits per heavy atom. The van der Waals surface area contributed by atoms with E-state index in [1.807, 2.05) is 30.3 Å². The zero-order valence-corrected chi connectivity index (χ0v) is 10.5. The van der Waals surface area contributed by atoms with Crippen molar-refractivity contribution in [3.8, 4) is 0 Å². The molecule has 98 valence electrons. The van der Waals surface area contributed by atoms with Gasteiger partial charge in [-0.1, -0.05) is 24.3 Å². The molecule has 4 heteroatoms. The standard InChI is InChI=1S/C16H11FN2O/c17-12-5-7-13(8-6-12)19-16(20)15-14-4-2-1-3-11(14)9-10-18-15/h1-10H,(H,19,20). The first kappa shape index (κ1) is 12.3. The molecular formula is C16H11FN2O. The van der Waals surface area contributed by atoms with Gasteiger partial charge in [0.1, 0.15) is 11.5 Å². The van der Waals surface area contributed by atoms with Gasteiger partial charge in [-0.2, -0.15) is 0 Å². The Morgan fingerprint density at radius 2 is 1.75 bits per heavy atom. The highest BCUT2D eigenvalue weighted by Crippen LogP contribution is 2.18. The Hall–Kier alpha value is -2.75. The third kappa shape index (κ3) is 2.36. The molecule has 0 atom stereocenters. The first-order chi connectivity index (χ1) is 9.74. The minimum Gasteiger partial charge on any atom is -0.321 e. The summed E-state index contributed by atoms with van der Waals surface area (Å²) in [7, 11) is 0. The molecule has 0 aliphatic heterocycles. The van der Waals surface area contributed by atoms with Crippen molar-refractivity contribution in [3.63, 3.8) is 0 Å². The topological polar surface area (TPSA) is 42.0 Å². The first-order valence-electron chi connectivity index (χ1n) is 6.15. The lowest BCUT2D eigenvalue weighted by molar-refractivity contribution is 0.102. The molecule has 0 spiro atoms. The van der Waals surface area contributed by atoms with Gasteiger partial charge in [0.15, 0.2) is 0 Å². The maximum absolute atomic E-state index is 12.8. The molecule has 1 heterocycles. The quantitative estimate of drug-likeness (QED) is 0.769. The number of nitrogens with zero attached hydrogens (tertiary/aromatic N) is 1. The van der Waals surface area contributed by atoms with E-state index >= 15 is 0 Å². The van der Waals surface area contributed by atoms with Gasteiger partial charge in [0.05, 0.1) is 0 Å².